The Hall–Kier alpha value is -0.390. The lowest BCUT2D eigenvalue weighted by atomic mass is 9.47. The van der Waals surface area contributed by atoms with E-state index in [9.17, 15) is 8.42 Å². The lowest BCUT2D eigenvalue weighted by Gasteiger charge is -2.58. The maximum absolute atomic E-state index is 11.2. The molecule has 3 saturated carbocycles. The third-order valence-corrected chi connectivity index (χ3v) is 11.0. The van der Waals surface area contributed by atoms with Crippen LogP contribution in [0.2, 0.25) is 0 Å². The van der Waals surface area contributed by atoms with Gasteiger partial charge in [0.2, 0.25) is 0 Å². The van der Waals surface area contributed by atoms with Gasteiger partial charge < -0.3 is 0 Å². The summed E-state index contributed by atoms with van der Waals surface area (Å²) in [6.07, 6.45) is 15.1. The van der Waals surface area contributed by atoms with E-state index in [0.717, 1.165) is 42.4 Å². The average Bonchev–Trinajstić information content (AvgIpc) is 3.04. The first-order valence-corrected chi connectivity index (χ1v) is 14.7. The fourth-order valence-electron chi connectivity index (χ4n) is 8.91. The predicted octanol–water partition coefficient (Wildman–Crippen LogP) is 7.22. The zero-order chi connectivity index (χ0) is 23.3. The monoisotopic (exact) mass is 466 g/mol. The van der Waals surface area contributed by atoms with E-state index < -0.39 is 16.5 Å². The van der Waals surface area contributed by atoms with Gasteiger partial charge in [-0.2, -0.15) is 8.42 Å². The smallest absolute Gasteiger partial charge is 0.264 e. The minimum atomic E-state index is -4.38. The highest BCUT2D eigenvalue weighted by Gasteiger charge is 2.59. The van der Waals surface area contributed by atoms with E-state index >= 15 is 0 Å². The molecule has 3 fully saturated rings. The van der Waals surface area contributed by atoms with Crippen LogP contribution in [0.1, 0.15) is 105 Å². The molecule has 1 N–H and O–H groups in total. The van der Waals surface area contributed by atoms with E-state index in [-0.39, 0.29) is 5.41 Å². The normalized spacial score (nSPS) is 42.7. The fraction of sp³-hybridized carbons (Fsp3) is 0.926. The second-order valence-electron chi connectivity index (χ2n) is 12.7. The Morgan fingerprint density at radius 3 is 2.50 bits per heavy atom. The summed E-state index contributed by atoms with van der Waals surface area (Å²) in [6, 6.07) is 0. The van der Waals surface area contributed by atoms with Gasteiger partial charge in [0.15, 0.2) is 0 Å². The third kappa shape index (κ3) is 4.60. The van der Waals surface area contributed by atoms with E-state index in [0.29, 0.717) is 24.2 Å². The van der Waals surface area contributed by atoms with E-state index in [4.69, 9.17) is 8.74 Å². The molecule has 0 aromatic carbocycles. The van der Waals surface area contributed by atoms with Gasteiger partial charge in [-0.25, -0.2) is 4.18 Å². The Balaban J connectivity index is 1.47. The van der Waals surface area contributed by atoms with E-state index in [1.54, 1.807) is 0 Å². The summed E-state index contributed by atoms with van der Waals surface area (Å²) in [4.78, 5) is 0. The predicted molar refractivity (Wildman–Crippen MR) is 129 cm³/mol. The van der Waals surface area contributed by atoms with Crippen LogP contribution in [-0.2, 0) is 14.6 Å². The summed E-state index contributed by atoms with van der Waals surface area (Å²) in [7, 11) is -4.38. The highest BCUT2D eigenvalue weighted by atomic mass is 32.3. The van der Waals surface area contributed by atoms with Gasteiger partial charge in [-0.05, 0) is 97.7 Å². The van der Waals surface area contributed by atoms with Crippen LogP contribution in [0.25, 0.3) is 0 Å². The van der Waals surface area contributed by atoms with Gasteiger partial charge in [-0.1, -0.05) is 65.5 Å². The summed E-state index contributed by atoms with van der Waals surface area (Å²) < 4.78 is 36.6. The van der Waals surface area contributed by atoms with Crippen molar-refractivity contribution in [3.63, 3.8) is 0 Å². The molecule has 0 saturated heterocycles. The van der Waals surface area contributed by atoms with Crippen molar-refractivity contribution in [1.82, 2.24) is 0 Å². The number of fused-ring (bicyclic) bond motifs is 5. The van der Waals surface area contributed by atoms with E-state index in [1.807, 2.05) is 0 Å². The van der Waals surface area contributed by atoms with Gasteiger partial charge in [0.25, 0.3) is 0 Å². The molecule has 0 aromatic heterocycles. The third-order valence-electron chi connectivity index (χ3n) is 10.5. The highest BCUT2D eigenvalue weighted by Crippen LogP contribution is 2.67. The van der Waals surface area contributed by atoms with Crippen molar-refractivity contribution in [2.45, 2.75) is 111 Å². The summed E-state index contributed by atoms with van der Waals surface area (Å²) in [5.41, 5.74) is 2.05. The SMILES string of the molecule is CC(C)CCC[C@@H](C)[C@H]1CC[C@H]2[C@@H]3CC=C4C[C@@H](OS(=O)(=O)O)CC[C@]4(C)C3CC[C@]12C. The molecule has 0 amide bonds. The first-order chi connectivity index (χ1) is 14.9. The fourth-order valence-corrected chi connectivity index (χ4v) is 9.41. The highest BCUT2D eigenvalue weighted by molar-refractivity contribution is 7.80. The van der Waals surface area contributed by atoms with Crippen molar-refractivity contribution in [2.75, 3.05) is 0 Å². The number of hydrogen-bond donors (Lipinski definition) is 1. The summed E-state index contributed by atoms with van der Waals surface area (Å²) in [5, 5.41) is 0. The van der Waals surface area contributed by atoms with Crippen molar-refractivity contribution >= 4 is 10.4 Å². The van der Waals surface area contributed by atoms with Gasteiger partial charge >= 0.3 is 10.4 Å². The molecule has 0 bridgehead atoms. The molecule has 4 aliphatic rings. The summed E-state index contributed by atoms with van der Waals surface area (Å²) >= 11 is 0. The molecule has 0 aromatic rings. The minimum Gasteiger partial charge on any atom is -0.264 e. The Morgan fingerprint density at radius 1 is 1.06 bits per heavy atom. The molecule has 5 heteroatoms. The number of hydrogen-bond acceptors (Lipinski definition) is 3. The first kappa shape index (κ1) is 24.7. The Morgan fingerprint density at radius 2 is 1.81 bits per heavy atom. The largest absolute Gasteiger partial charge is 0.397 e. The summed E-state index contributed by atoms with van der Waals surface area (Å²) in [6.45, 7) is 12.3. The number of rotatable bonds is 7. The van der Waals surface area contributed by atoms with Crippen LogP contribution in [0, 0.1) is 46.3 Å². The van der Waals surface area contributed by atoms with Gasteiger partial charge in [0.05, 0.1) is 6.10 Å². The van der Waals surface area contributed by atoms with E-state index in [1.165, 1.54) is 50.5 Å². The standard InChI is InChI=1S/C27H46O4S/c1-18(2)7-6-8-19(3)23-11-12-24-22-10-9-20-17-21(31-32(28,29)30)13-15-26(20,4)25(22)14-16-27(23,24)5/h9,18-19,21-25H,6-8,10-17H2,1-5H3,(H,28,29,30)/t19-,21+,22+,23-,24+,25?,26+,27-/m1/s1. The molecule has 184 valence electrons. The Bertz CT molecular complexity index is 818. The maximum atomic E-state index is 11.2. The van der Waals surface area contributed by atoms with Crippen LogP contribution >= 0.6 is 0 Å². The quantitative estimate of drug-likeness (QED) is 0.318. The van der Waals surface area contributed by atoms with Crippen LogP contribution in [-0.4, -0.2) is 19.1 Å². The van der Waals surface area contributed by atoms with Crippen molar-refractivity contribution in [2.24, 2.45) is 46.3 Å². The molecule has 4 aliphatic carbocycles. The molecule has 0 radical (unpaired) electrons. The Kier molecular flexibility index (Phi) is 6.95. The second-order valence-corrected chi connectivity index (χ2v) is 13.7. The maximum Gasteiger partial charge on any atom is 0.397 e. The van der Waals surface area contributed by atoms with Gasteiger partial charge in [-0.3, -0.25) is 4.55 Å². The molecule has 0 spiro atoms. The minimum absolute atomic E-state index is 0.171. The topological polar surface area (TPSA) is 63.6 Å². The molecule has 4 nitrogen and oxygen atoms in total. The molecule has 32 heavy (non-hydrogen) atoms. The zero-order valence-electron chi connectivity index (χ0n) is 21.0. The van der Waals surface area contributed by atoms with Crippen molar-refractivity contribution in [1.29, 1.82) is 0 Å². The van der Waals surface area contributed by atoms with E-state index in [2.05, 4.69) is 40.7 Å². The zero-order valence-corrected chi connectivity index (χ0v) is 21.8. The van der Waals surface area contributed by atoms with Crippen LogP contribution in [0.4, 0.5) is 0 Å². The molecule has 0 aliphatic heterocycles. The van der Waals surface area contributed by atoms with Gasteiger partial charge in [0, 0.05) is 0 Å². The molecule has 0 heterocycles. The first-order valence-electron chi connectivity index (χ1n) is 13.3. The lowest BCUT2D eigenvalue weighted by molar-refractivity contribution is -0.0560. The van der Waals surface area contributed by atoms with Crippen molar-refractivity contribution in [3.8, 4) is 0 Å². The lowest BCUT2D eigenvalue weighted by Crippen LogP contribution is -2.51. The molecular formula is C27H46O4S. The Labute approximate surface area is 196 Å². The summed E-state index contributed by atoms with van der Waals surface area (Å²) in [5.74, 6) is 4.83. The second kappa shape index (κ2) is 9.00. The van der Waals surface area contributed by atoms with Crippen LogP contribution < -0.4 is 0 Å². The molecule has 4 rings (SSSR count). The molecular weight excluding hydrogens is 420 g/mol. The molecule has 1 unspecified atom stereocenters. The van der Waals surface area contributed by atoms with Crippen LogP contribution in [0.3, 0.4) is 0 Å². The van der Waals surface area contributed by atoms with Crippen LogP contribution in [0.5, 0.6) is 0 Å². The average molecular weight is 467 g/mol. The van der Waals surface area contributed by atoms with Crippen molar-refractivity contribution in [3.05, 3.63) is 11.6 Å². The van der Waals surface area contributed by atoms with Gasteiger partial charge in [0.1, 0.15) is 0 Å². The van der Waals surface area contributed by atoms with Crippen LogP contribution in [0.15, 0.2) is 11.6 Å². The van der Waals surface area contributed by atoms with Gasteiger partial charge in [-0.15, -0.1) is 0 Å². The number of allylic oxidation sites excluding steroid dienone is 1. The molecule has 8 atom stereocenters. The van der Waals surface area contributed by atoms with Crippen molar-refractivity contribution < 1.29 is 17.2 Å².